The average molecular weight is 281 g/mol. The lowest BCUT2D eigenvalue weighted by Gasteiger charge is -2.21. The van der Waals surface area contributed by atoms with Crippen LogP contribution >= 0.6 is 0 Å². The predicted octanol–water partition coefficient (Wildman–Crippen LogP) is 3.84. The topological polar surface area (TPSA) is 35.9 Å². The molecule has 0 spiro atoms. The summed E-state index contributed by atoms with van der Waals surface area (Å²) in [7, 11) is 3.44. The van der Waals surface area contributed by atoms with Gasteiger partial charge >= 0.3 is 6.03 Å². The first-order valence-electron chi connectivity index (χ1n) is 6.74. The van der Waals surface area contributed by atoms with E-state index in [1.165, 1.54) is 15.4 Å². The van der Waals surface area contributed by atoms with Gasteiger partial charge in [0.25, 0.3) is 0 Å². The van der Waals surface area contributed by atoms with E-state index in [9.17, 15) is 4.79 Å². The maximum Gasteiger partial charge on any atom is 0.329 e. The van der Waals surface area contributed by atoms with Crippen molar-refractivity contribution in [1.29, 1.82) is 0 Å². The molecule has 2 aromatic rings. The van der Waals surface area contributed by atoms with E-state index >= 15 is 0 Å². The maximum absolute atomic E-state index is 12.3. The van der Waals surface area contributed by atoms with Gasteiger partial charge in [0.1, 0.15) is 6.34 Å². The number of nitrogens with zero attached hydrogens (tertiary/aromatic N) is 3. The van der Waals surface area contributed by atoms with Crippen molar-refractivity contribution in [1.82, 2.24) is 4.90 Å². The number of carbonyl (C=O) groups excluding carboxylic acids is 1. The number of aliphatic imine (C=N–C) groups is 1. The molecule has 2 amide bonds. The fourth-order valence-electron chi connectivity index (χ4n) is 1.79. The maximum atomic E-state index is 12.3. The van der Waals surface area contributed by atoms with Crippen LogP contribution in [0.2, 0.25) is 0 Å². The van der Waals surface area contributed by atoms with Crippen molar-refractivity contribution >= 4 is 23.7 Å². The molecule has 0 radical (unpaired) electrons. The highest BCUT2D eigenvalue weighted by atomic mass is 16.2. The van der Waals surface area contributed by atoms with Gasteiger partial charge in [-0.1, -0.05) is 35.9 Å². The minimum absolute atomic E-state index is 0.142. The molecule has 0 aliphatic rings. The molecule has 0 saturated carbocycles. The third-order valence-electron chi connectivity index (χ3n) is 2.98. The Morgan fingerprint density at radius 3 is 2.19 bits per heavy atom. The summed E-state index contributed by atoms with van der Waals surface area (Å²) in [5.74, 6) is 0. The number of hydrogen-bond donors (Lipinski definition) is 0. The molecule has 0 aliphatic carbocycles. The van der Waals surface area contributed by atoms with Crippen molar-refractivity contribution in [3.63, 3.8) is 0 Å². The Balaban J connectivity index is 2.28. The van der Waals surface area contributed by atoms with Crippen molar-refractivity contribution in [3.8, 4) is 0 Å². The third kappa shape index (κ3) is 3.92. The first kappa shape index (κ1) is 14.8. The molecular formula is C17H19N3O. The molecule has 0 aliphatic heterocycles. The Morgan fingerprint density at radius 1 is 1.00 bits per heavy atom. The molecule has 0 N–H and O–H groups in total. The minimum Gasteiger partial charge on any atom is -0.330 e. The molecule has 2 rings (SSSR count). The van der Waals surface area contributed by atoms with Gasteiger partial charge in [-0.05, 0) is 31.2 Å². The Hall–Kier alpha value is -2.62. The van der Waals surface area contributed by atoms with E-state index in [1.54, 1.807) is 20.4 Å². The first-order chi connectivity index (χ1) is 10.1. The van der Waals surface area contributed by atoms with E-state index in [1.807, 2.05) is 61.5 Å². The van der Waals surface area contributed by atoms with Crippen LogP contribution in [0.1, 0.15) is 5.56 Å². The Morgan fingerprint density at radius 2 is 1.62 bits per heavy atom. The highest BCUT2D eigenvalue weighted by molar-refractivity contribution is 6.07. The van der Waals surface area contributed by atoms with Gasteiger partial charge in [0.2, 0.25) is 0 Å². The summed E-state index contributed by atoms with van der Waals surface area (Å²) in [4.78, 5) is 19.7. The van der Waals surface area contributed by atoms with Gasteiger partial charge in [-0.15, -0.1) is 0 Å². The number of hydrogen-bond acceptors (Lipinski definition) is 2. The van der Waals surface area contributed by atoms with Gasteiger partial charge < -0.3 is 4.90 Å². The molecule has 2 aromatic carbocycles. The molecule has 108 valence electrons. The highest BCUT2D eigenvalue weighted by Gasteiger charge is 2.15. The lowest BCUT2D eigenvalue weighted by molar-refractivity contribution is 0.227. The van der Waals surface area contributed by atoms with Gasteiger partial charge in [-0.25, -0.2) is 9.79 Å². The summed E-state index contributed by atoms with van der Waals surface area (Å²) in [6, 6.07) is 17.2. The number of urea groups is 1. The number of amides is 2. The SMILES string of the molecule is Cc1ccc(N=CN(C(=O)N(C)C)c2ccccc2)cc1. The zero-order chi connectivity index (χ0) is 15.2. The first-order valence-corrected chi connectivity index (χ1v) is 6.74. The summed E-state index contributed by atoms with van der Waals surface area (Å²) < 4.78 is 0. The van der Waals surface area contributed by atoms with E-state index in [-0.39, 0.29) is 6.03 Å². The Bertz CT molecular complexity index is 618. The Kier molecular flexibility index (Phi) is 4.72. The van der Waals surface area contributed by atoms with E-state index in [2.05, 4.69) is 4.99 Å². The van der Waals surface area contributed by atoms with Gasteiger partial charge in [0.15, 0.2) is 0 Å². The second kappa shape index (κ2) is 6.70. The van der Waals surface area contributed by atoms with Crippen LogP contribution in [-0.2, 0) is 0 Å². The number of aryl methyl sites for hydroxylation is 1. The second-order valence-electron chi connectivity index (χ2n) is 4.96. The summed E-state index contributed by atoms with van der Waals surface area (Å²) >= 11 is 0. The average Bonchev–Trinajstić information content (AvgIpc) is 2.50. The van der Waals surface area contributed by atoms with Crippen molar-refractivity contribution in [3.05, 3.63) is 60.2 Å². The normalized spacial score (nSPS) is 10.6. The highest BCUT2D eigenvalue weighted by Crippen LogP contribution is 2.16. The van der Waals surface area contributed by atoms with Crippen LogP contribution in [0.4, 0.5) is 16.2 Å². The molecule has 0 unspecified atom stereocenters. The summed E-state index contributed by atoms with van der Waals surface area (Å²) in [5.41, 5.74) is 2.78. The number of rotatable bonds is 3. The molecule has 0 heterocycles. The van der Waals surface area contributed by atoms with Crippen LogP contribution in [0.25, 0.3) is 0 Å². The summed E-state index contributed by atoms with van der Waals surface area (Å²) in [6.07, 6.45) is 1.56. The second-order valence-corrected chi connectivity index (χ2v) is 4.96. The molecule has 21 heavy (non-hydrogen) atoms. The minimum atomic E-state index is -0.142. The van der Waals surface area contributed by atoms with Crippen LogP contribution in [0, 0.1) is 6.92 Å². The van der Waals surface area contributed by atoms with Crippen molar-refractivity contribution in [2.75, 3.05) is 19.0 Å². The number of anilines is 1. The van der Waals surface area contributed by atoms with Gasteiger partial charge in [0, 0.05) is 14.1 Å². The molecule has 0 saturated heterocycles. The fraction of sp³-hybridized carbons (Fsp3) is 0.176. The number of carbonyl (C=O) groups is 1. The van der Waals surface area contributed by atoms with Crippen LogP contribution < -0.4 is 4.90 Å². The molecule has 4 heteroatoms. The lowest BCUT2D eigenvalue weighted by Crippen LogP contribution is -2.38. The quantitative estimate of drug-likeness (QED) is 0.622. The fourth-order valence-corrected chi connectivity index (χ4v) is 1.79. The predicted molar refractivity (Wildman–Crippen MR) is 87.3 cm³/mol. The molecule has 0 atom stereocenters. The lowest BCUT2D eigenvalue weighted by atomic mass is 10.2. The number of para-hydroxylation sites is 1. The summed E-state index contributed by atoms with van der Waals surface area (Å²) in [5, 5.41) is 0. The summed E-state index contributed by atoms with van der Waals surface area (Å²) in [6.45, 7) is 2.03. The molecule has 4 nitrogen and oxygen atoms in total. The zero-order valence-corrected chi connectivity index (χ0v) is 12.5. The third-order valence-corrected chi connectivity index (χ3v) is 2.98. The van der Waals surface area contributed by atoms with Crippen molar-refractivity contribution < 1.29 is 4.79 Å². The van der Waals surface area contributed by atoms with Gasteiger partial charge in [0.05, 0.1) is 11.4 Å². The van der Waals surface area contributed by atoms with Crippen LogP contribution in [0.5, 0.6) is 0 Å². The largest absolute Gasteiger partial charge is 0.330 e. The van der Waals surface area contributed by atoms with Crippen LogP contribution in [0.3, 0.4) is 0 Å². The number of benzene rings is 2. The van der Waals surface area contributed by atoms with Crippen LogP contribution in [-0.4, -0.2) is 31.4 Å². The van der Waals surface area contributed by atoms with E-state index in [0.29, 0.717) is 0 Å². The van der Waals surface area contributed by atoms with Crippen molar-refractivity contribution in [2.24, 2.45) is 4.99 Å². The van der Waals surface area contributed by atoms with E-state index in [4.69, 9.17) is 0 Å². The zero-order valence-electron chi connectivity index (χ0n) is 12.5. The van der Waals surface area contributed by atoms with Crippen molar-refractivity contribution in [2.45, 2.75) is 6.92 Å². The van der Waals surface area contributed by atoms with E-state index < -0.39 is 0 Å². The van der Waals surface area contributed by atoms with Crippen LogP contribution in [0.15, 0.2) is 59.6 Å². The molecule has 0 bridgehead atoms. The molecular weight excluding hydrogens is 262 g/mol. The Labute approximate surface area is 125 Å². The monoisotopic (exact) mass is 281 g/mol. The molecule has 0 aromatic heterocycles. The van der Waals surface area contributed by atoms with E-state index in [0.717, 1.165) is 11.4 Å². The molecule has 0 fully saturated rings. The standard InChI is InChI=1S/C17H19N3O/c1-14-9-11-15(12-10-14)18-13-20(17(21)19(2)3)16-7-5-4-6-8-16/h4-13H,1-3H3. The van der Waals surface area contributed by atoms with Gasteiger partial charge in [-0.3, -0.25) is 4.90 Å². The van der Waals surface area contributed by atoms with Gasteiger partial charge in [-0.2, -0.15) is 0 Å². The smallest absolute Gasteiger partial charge is 0.329 e.